The van der Waals surface area contributed by atoms with E-state index in [9.17, 15) is 15.3 Å². The Kier molecular flexibility index (Phi) is 22.4. The SMILES string of the molecule is CC(C)CCCCCCCCCCCCCCCOCC(CO)(CO)COCC(O)CO. The van der Waals surface area contributed by atoms with E-state index >= 15 is 0 Å². The molecule has 0 aliphatic rings. The first-order chi connectivity index (χ1) is 15.5. The van der Waals surface area contributed by atoms with Crippen LogP contribution in [0.5, 0.6) is 0 Å². The minimum absolute atomic E-state index is 0.0311. The lowest BCUT2D eigenvalue weighted by Gasteiger charge is -2.29. The summed E-state index contributed by atoms with van der Waals surface area (Å²) in [6.45, 7) is 4.61. The molecule has 0 aromatic heterocycles. The van der Waals surface area contributed by atoms with Crippen LogP contribution in [0.4, 0.5) is 0 Å². The third-order valence-electron chi connectivity index (χ3n) is 6.08. The molecule has 0 amide bonds. The van der Waals surface area contributed by atoms with Crippen molar-refractivity contribution in [2.45, 2.75) is 110 Å². The van der Waals surface area contributed by atoms with Crippen LogP contribution in [0.25, 0.3) is 0 Å². The molecule has 0 aliphatic carbocycles. The molecule has 0 heterocycles. The molecule has 0 saturated heterocycles. The van der Waals surface area contributed by atoms with Gasteiger partial charge in [0, 0.05) is 6.61 Å². The Hall–Kier alpha value is -0.240. The second-order valence-electron chi connectivity index (χ2n) is 10.00. The number of hydrogen-bond acceptors (Lipinski definition) is 6. The van der Waals surface area contributed by atoms with Gasteiger partial charge in [-0.3, -0.25) is 0 Å². The summed E-state index contributed by atoms with van der Waals surface area (Å²) in [6.07, 6.45) is 17.5. The lowest BCUT2D eigenvalue weighted by atomic mass is 9.92. The maximum absolute atomic E-state index is 9.61. The first-order valence-corrected chi connectivity index (χ1v) is 13.2. The summed E-state index contributed by atoms with van der Waals surface area (Å²) in [5.41, 5.74) is -0.872. The second-order valence-corrected chi connectivity index (χ2v) is 10.00. The quantitative estimate of drug-likeness (QED) is 0.150. The van der Waals surface area contributed by atoms with Crippen molar-refractivity contribution in [2.75, 3.05) is 46.2 Å². The summed E-state index contributed by atoms with van der Waals surface area (Å²) >= 11 is 0. The second kappa shape index (κ2) is 22.5. The van der Waals surface area contributed by atoms with E-state index in [0.717, 1.165) is 18.8 Å². The number of aliphatic hydroxyl groups is 4. The average Bonchev–Trinajstić information content (AvgIpc) is 2.79. The molecule has 0 aliphatic heterocycles. The largest absolute Gasteiger partial charge is 0.396 e. The van der Waals surface area contributed by atoms with Crippen LogP contribution in [0.1, 0.15) is 104 Å². The molecular weight excluding hydrogens is 408 g/mol. The molecule has 0 rings (SSSR count). The highest BCUT2D eigenvalue weighted by molar-refractivity contribution is 4.77. The molecule has 6 nitrogen and oxygen atoms in total. The van der Waals surface area contributed by atoms with Crippen molar-refractivity contribution in [3.05, 3.63) is 0 Å². The van der Waals surface area contributed by atoms with E-state index in [4.69, 9.17) is 14.6 Å². The number of ether oxygens (including phenoxy) is 2. The Balaban J connectivity index is 3.47. The summed E-state index contributed by atoms with van der Waals surface area (Å²) in [7, 11) is 0. The van der Waals surface area contributed by atoms with Crippen LogP contribution in [-0.4, -0.2) is 72.8 Å². The molecule has 0 saturated carbocycles. The van der Waals surface area contributed by atoms with Crippen molar-refractivity contribution in [1.82, 2.24) is 0 Å². The van der Waals surface area contributed by atoms with Crippen LogP contribution in [0.3, 0.4) is 0 Å². The van der Waals surface area contributed by atoms with Gasteiger partial charge in [-0.05, 0) is 12.3 Å². The maximum atomic E-state index is 9.61. The summed E-state index contributed by atoms with van der Waals surface area (Å²) in [6, 6.07) is 0. The maximum Gasteiger partial charge on any atom is 0.100 e. The first-order valence-electron chi connectivity index (χ1n) is 13.2. The van der Waals surface area contributed by atoms with Crippen molar-refractivity contribution in [1.29, 1.82) is 0 Å². The zero-order valence-corrected chi connectivity index (χ0v) is 21.1. The van der Waals surface area contributed by atoms with Crippen molar-refractivity contribution in [2.24, 2.45) is 11.3 Å². The monoisotopic (exact) mass is 462 g/mol. The molecule has 0 bridgehead atoms. The van der Waals surface area contributed by atoms with Gasteiger partial charge in [0.1, 0.15) is 6.10 Å². The molecule has 0 fully saturated rings. The summed E-state index contributed by atoms with van der Waals surface area (Å²) in [5, 5.41) is 37.3. The lowest BCUT2D eigenvalue weighted by Crippen LogP contribution is -2.40. The van der Waals surface area contributed by atoms with Gasteiger partial charge in [0.15, 0.2) is 0 Å². The van der Waals surface area contributed by atoms with Gasteiger partial charge < -0.3 is 29.9 Å². The van der Waals surface area contributed by atoms with Gasteiger partial charge in [0.2, 0.25) is 0 Å². The van der Waals surface area contributed by atoms with Crippen LogP contribution in [-0.2, 0) is 9.47 Å². The minimum Gasteiger partial charge on any atom is -0.396 e. The highest BCUT2D eigenvalue weighted by Crippen LogP contribution is 2.18. The van der Waals surface area contributed by atoms with Crippen LogP contribution in [0.2, 0.25) is 0 Å². The van der Waals surface area contributed by atoms with Gasteiger partial charge in [-0.1, -0.05) is 97.3 Å². The molecule has 0 spiro atoms. The van der Waals surface area contributed by atoms with E-state index in [1.165, 1.54) is 77.0 Å². The van der Waals surface area contributed by atoms with E-state index in [2.05, 4.69) is 13.8 Å². The molecule has 194 valence electrons. The summed E-state index contributed by atoms with van der Waals surface area (Å²) < 4.78 is 11.0. The highest BCUT2D eigenvalue weighted by atomic mass is 16.5. The normalized spacial score (nSPS) is 13.2. The van der Waals surface area contributed by atoms with E-state index in [1.54, 1.807) is 0 Å². The van der Waals surface area contributed by atoms with Crippen molar-refractivity contribution < 1.29 is 29.9 Å². The fraction of sp³-hybridized carbons (Fsp3) is 1.00. The summed E-state index contributed by atoms with van der Waals surface area (Å²) in [5.74, 6) is 0.851. The van der Waals surface area contributed by atoms with Gasteiger partial charge >= 0.3 is 0 Å². The Bertz CT molecular complexity index is 373. The molecule has 6 heteroatoms. The fourth-order valence-electron chi connectivity index (χ4n) is 3.73. The van der Waals surface area contributed by atoms with Crippen molar-refractivity contribution in [3.63, 3.8) is 0 Å². The number of aliphatic hydroxyl groups excluding tert-OH is 4. The Morgan fingerprint density at radius 3 is 1.50 bits per heavy atom. The molecule has 0 aromatic carbocycles. The third kappa shape index (κ3) is 19.2. The van der Waals surface area contributed by atoms with Crippen molar-refractivity contribution in [3.8, 4) is 0 Å². The highest BCUT2D eigenvalue weighted by Gasteiger charge is 2.30. The molecule has 32 heavy (non-hydrogen) atoms. The topological polar surface area (TPSA) is 99.4 Å². The molecule has 0 radical (unpaired) electrons. The Labute approximate surface area is 197 Å². The van der Waals surface area contributed by atoms with Crippen LogP contribution < -0.4 is 0 Å². The smallest absolute Gasteiger partial charge is 0.100 e. The first kappa shape index (κ1) is 31.8. The van der Waals surface area contributed by atoms with Gasteiger partial charge in [0.05, 0.1) is 45.1 Å². The predicted molar refractivity (Wildman–Crippen MR) is 131 cm³/mol. The van der Waals surface area contributed by atoms with E-state index in [-0.39, 0.29) is 39.6 Å². The van der Waals surface area contributed by atoms with Crippen LogP contribution >= 0.6 is 0 Å². The minimum atomic E-state index is -0.949. The molecule has 1 atom stereocenters. The third-order valence-corrected chi connectivity index (χ3v) is 6.08. The molecule has 0 aromatic rings. The Morgan fingerprint density at radius 1 is 0.625 bits per heavy atom. The average molecular weight is 463 g/mol. The molecular formula is C26H54O6. The molecule has 1 unspecified atom stereocenters. The van der Waals surface area contributed by atoms with Gasteiger partial charge in [-0.25, -0.2) is 0 Å². The predicted octanol–water partition coefficient (Wildman–Crippen LogP) is 4.46. The Morgan fingerprint density at radius 2 is 1.06 bits per heavy atom. The van der Waals surface area contributed by atoms with Gasteiger partial charge in [-0.15, -0.1) is 0 Å². The standard InChI is InChI=1S/C26H54O6/c1-24(2)16-14-12-10-8-6-4-3-5-7-9-11-13-15-17-31-22-26(20-28,21-29)23-32-19-25(30)18-27/h24-25,27-30H,3-23H2,1-2H3. The van der Waals surface area contributed by atoms with E-state index in [1.807, 2.05) is 0 Å². The van der Waals surface area contributed by atoms with Gasteiger partial charge in [-0.2, -0.15) is 0 Å². The number of unbranched alkanes of at least 4 members (excludes halogenated alkanes) is 12. The fourth-order valence-corrected chi connectivity index (χ4v) is 3.73. The zero-order chi connectivity index (χ0) is 23.9. The zero-order valence-electron chi connectivity index (χ0n) is 21.1. The van der Waals surface area contributed by atoms with Crippen molar-refractivity contribution >= 4 is 0 Å². The van der Waals surface area contributed by atoms with Crippen LogP contribution in [0, 0.1) is 11.3 Å². The molecule has 4 N–H and O–H groups in total. The summed E-state index contributed by atoms with van der Waals surface area (Å²) in [4.78, 5) is 0. The number of rotatable bonds is 25. The lowest BCUT2D eigenvalue weighted by molar-refractivity contribution is -0.0923. The van der Waals surface area contributed by atoms with E-state index < -0.39 is 11.5 Å². The number of hydrogen-bond donors (Lipinski definition) is 4. The van der Waals surface area contributed by atoms with E-state index in [0.29, 0.717) is 6.61 Å². The van der Waals surface area contributed by atoms with Crippen LogP contribution in [0.15, 0.2) is 0 Å². The van der Waals surface area contributed by atoms with Gasteiger partial charge in [0.25, 0.3) is 0 Å².